The summed E-state index contributed by atoms with van der Waals surface area (Å²) in [5.41, 5.74) is 6.02. The van der Waals surface area contributed by atoms with Crippen molar-refractivity contribution >= 4 is 16.3 Å². The normalized spacial score (nSPS) is 11.2. The van der Waals surface area contributed by atoms with E-state index in [2.05, 4.69) is 64.2 Å². The highest BCUT2D eigenvalue weighted by atomic mass is 32.1. The number of nitrogens with zero attached hydrogens (tertiary/aromatic N) is 3. The molecule has 0 aliphatic carbocycles. The van der Waals surface area contributed by atoms with Crippen molar-refractivity contribution in [3.05, 3.63) is 65.0 Å². The van der Waals surface area contributed by atoms with Crippen molar-refractivity contribution in [2.45, 2.75) is 13.8 Å². The molecule has 0 unspecified atom stereocenters. The fourth-order valence-corrected chi connectivity index (χ4v) is 3.61. The molecule has 2 aromatic heterocycles. The molecule has 0 atom stereocenters. The maximum Gasteiger partial charge on any atom is 0.216 e. The fourth-order valence-electron chi connectivity index (χ4n) is 2.78. The van der Waals surface area contributed by atoms with Crippen LogP contribution in [-0.4, -0.2) is 14.6 Å². The molecule has 0 amide bonds. The van der Waals surface area contributed by atoms with Crippen molar-refractivity contribution in [3.63, 3.8) is 0 Å². The molecule has 4 heteroatoms. The number of hydrogen-bond donors (Lipinski definition) is 0. The molecule has 0 N–H and O–H groups in total. The SMILES string of the molecule is Cc1ccc(-c2csc3nnc(-c4ccccc4)n23)c(C)c1. The largest absolute Gasteiger partial charge is 0.265 e. The molecule has 0 saturated heterocycles. The first-order valence-corrected chi connectivity index (χ1v) is 8.07. The van der Waals surface area contributed by atoms with Crippen LogP contribution in [0.15, 0.2) is 53.9 Å². The van der Waals surface area contributed by atoms with Crippen LogP contribution in [0.4, 0.5) is 0 Å². The second-order valence-corrected chi connectivity index (χ2v) is 6.28. The molecule has 0 bridgehead atoms. The van der Waals surface area contributed by atoms with Crippen molar-refractivity contribution < 1.29 is 0 Å². The number of rotatable bonds is 2. The predicted molar refractivity (Wildman–Crippen MR) is 91.2 cm³/mol. The molecular formula is C18H15N3S. The van der Waals surface area contributed by atoms with Crippen LogP contribution in [-0.2, 0) is 0 Å². The molecule has 0 spiro atoms. The van der Waals surface area contributed by atoms with Gasteiger partial charge in [0.05, 0.1) is 5.69 Å². The Morgan fingerprint density at radius 1 is 0.955 bits per heavy atom. The van der Waals surface area contributed by atoms with Crippen LogP contribution < -0.4 is 0 Å². The molecule has 22 heavy (non-hydrogen) atoms. The first kappa shape index (κ1) is 13.2. The third-order valence-corrected chi connectivity index (χ3v) is 4.66. The second-order valence-electron chi connectivity index (χ2n) is 5.45. The average molecular weight is 305 g/mol. The van der Waals surface area contributed by atoms with E-state index in [9.17, 15) is 0 Å². The highest BCUT2D eigenvalue weighted by Gasteiger charge is 2.15. The Bertz CT molecular complexity index is 951. The van der Waals surface area contributed by atoms with E-state index in [4.69, 9.17) is 0 Å². The quantitative estimate of drug-likeness (QED) is 0.535. The summed E-state index contributed by atoms with van der Waals surface area (Å²) >= 11 is 1.63. The molecule has 2 heterocycles. The smallest absolute Gasteiger partial charge is 0.216 e. The third kappa shape index (κ3) is 2.04. The Hall–Kier alpha value is -2.46. The lowest BCUT2D eigenvalue weighted by Crippen LogP contribution is -1.93. The van der Waals surface area contributed by atoms with E-state index in [0.717, 1.165) is 22.0 Å². The van der Waals surface area contributed by atoms with Crippen molar-refractivity contribution in [3.8, 4) is 22.6 Å². The van der Waals surface area contributed by atoms with Crippen LogP contribution in [0.3, 0.4) is 0 Å². The molecule has 4 rings (SSSR count). The van der Waals surface area contributed by atoms with Gasteiger partial charge in [-0.3, -0.25) is 4.40 Å². The summed E-state index contributed by atoms with van der Waals surface area (Å²) in [5.74, 6) is 0.895. The van der Waals surface area contributed by atoms with E-state index in [-0.39, 0.29) is 0 Å². The van der Waals surface area contributed by atoms with Gasteiger partial charge in [-0.2, -0.15) is 0 Å². The molecule has 2 aromatic carbocycles. The molecular weight excluding hydrogens is 290 g/mol. The maximum atomic E-state index is 4.38. The molecule has 108 valence electrons. The van der Waals surface area contributed by atoms with Gasteiger partial charge in [0.1, 0.15) is 0 Å². The third-order valence-electron chi connectivity index (χ3n) is 3.84. The van der Waals surface area contributed by atoms with Crippen LogP contribution in [0, 0.1) is 13.8 Å². The minimum Gasteiger partial charge on any atom is -0.265 e. The van der Waals surface area contributed by atoms with Crippen molar-refractivity contribution in [2.24, 2.45) is 0 Å². The highest BCUT2D eigenvalue weighted by Crippen LogP contribution is 2.32. The van der Waals surface area contributed by atoms with Gasteiger partial charge >= 0.3 is 0 Å². The fraction of sp³-hybridized carbons (Fsp3) is 0.111. The molecule has 0 aliphatic heterocycles. The first-order chi connectivity index (χ1) is 10.7. The van der Waals surface area contributed by atoms with Crippen LogP contribution >= 0.6 is 11.3 Å². The molecule has 4 aromatic rings. The Balaban J connectivity index is 1.98. The lowest BCUT2D eigenvalue weighted by Gasteiger charge is -2.07. The van der Waals surface area contributed by atoms with E-state index in [1.165, 1.54) is 16.7 Å². The number of thiazole rings is 1. The molecule has 0 fully saturated rings. The summed E-state index contributed by atoms with van der Waals surface area (Å²) in [5, 5.41) is 10.9. The average Bonchev–Trinajstić information content (AvgIpc) is 3.10. The van der Waals surface area contributed by atoms with E-state index in [1.807, 2.05) is 18.2 Å². The van der Waals surface area contributed by atoms with Gasteiger partial charge in [-0.1, -0.05) is 54.1 Å². The number of benzene rings is 2. The summed E-state index contributed by atoms with van der Waals surface area (Å²) in [4.78, 5) is 0.925. The second kappa shape index (κ2) is 5.07. The van der Waals surface area contributed by atoms with Gasteiger partial charge in [0.25, 0.3) is 0 Å². The number of aryl methyl sites for hydroxylation is 2. The van der Waals surface area contributed by atoms with Crippen molar-refractivity contribution in [1.29, 1.82) is 0 Å². The Morgan fingerprint density at radius 3 is 2.55 bits per heavy atom. The van der Waals surface area contributed by atoms with Crippen LogP contribution in [0.25, 0.3) is 27.6 Å². The number of fused-ring (bicyclic) bond motifs is 1. The van der Waals surface area contributed by atoms with Gasteiger partial charge in [-0.05, 0) is 19.4 Å². The minimum absolute atomic E-state index is 0.895. The monoisotopic (exact) mass is 305 g/mol. The summed E-state index contributed by atoms with van der Waals surface area (Å²) in [6.45, 7) is 4.27. The van der Waals surface area contributed by atoms with E-state index < -0.39 is 0 Å². The van der Waals surface area contributed by atoms with Crippen LogP contribution in [0.2, 0.25) is 0 Å². The molecule has 0 radical (unpaired) electrons. The minimum atomic E-state index is 0.895. The summed E-state index contributed by atoms with van der Waals surface area (Å²) in [6.07, 6.45) is 0. The van der Waals surface area contributed by atoms with Gasteiger partial charge in [0.2, 0.25) is 4.96 Å². The Morgan fingerprint density at radius 2 is 1.77 bits per heavy atom. The predicted octanol–water partition coefficient (Wildman–Crippen LogP) is 4.74. The zero-order valence-corrected chi connectivity index (χ0v) is 13.3. The van der Waals surface area contributed by atoms with Gasteiger partial charge in [-0.25, -0.2) is 0 Å². The molecule has 3 nitrogen and oxygen atoms in total. The summed E-state index contributed by atoms with van der Waals surface area (Å²) in [6, 6.07) is 16.8. The summed E-state index contributed by atoms with van der Waals surface area (Å²) < 4.78 is 2.15. The highest BCUT2D eigenvalue weighted by molar-refractivity contribution is 7.15. The Labute approximate surface area is 132 Å². The van der Waals surface area contributed by atoms with Crippen molar-refractivity contribution in [2.75, 3.05) is 0 Å². The van der Waals surface area contributed by atoms with E-state index >= 15 is 0 Å². The van der Waals surface area contributed by atoms with Gasteiger partial charge in [0.15, 0.2) is 5.82 Å². The molecule has 0 aliphatic rings. The lowest BCUT2D eigenvalue weighted by atomic mass is 10.0. The van der Waals surface area contributed by atoms with Gasteiger partial charge < -0.3 is 0 Å². The van der Waals surface area contributed by atoms with E-state index in [0.29, 0.717) is 0 Å². The number of aromatic nitrogens is 3. The van der Waals surface area contributed by atoms with Gasteiger partial charge in [0, 0.05) is 16.5 Å². The maximum absolute atomic E-state index is 4.38. The standard InChI is InChI=1S/C18H15N3S/c1-12-8-9-15(13(2)10-12)16-11-22-18-20-19-17(21(16)18)14-6-4-3-5-7-14/h3-11H,1-2H3. The summed E-state index contributed by atoms with van der Waals surface area (Å²) in [7, 11) is 0. The zero-order chi connectivity index (χ0) is 15.1. The Kier molecular flexibility index (Phi) is 3.05. The number of hydrogen-bond acceptors (Lipinski definition) is 3. The van der Waals surface area contributed by atoms with E-state index in [1.54, 1.807) is 11.3 Å². The van der Waals surface area contributed by atoms with Crippen molar-refractivity contribution in [1.82, 2.24) is 14.6 Å². The van der Waals surface area contributed by atoms with Crippen LogP contribution in [0.1, 0.15) is 11.1 Å². The topological polar surface area (TPSA) is 30.2 Å². The lowest BCUT2D eigenvalue weighted by molar-refractivity contribution is 1.11. The van der Waals surface area contributed by atoms with Crippen LogP contribution in [0.5, 0.6) is 0 Å². The van der Waals surface area contributed by atoms with Gasteiger partial charge in [-0.15, -0.1) is 21.5 Å². The first-order valence-electron chi connectivity index (χ1n) is 7.20. The molecule has 0 saturated carbocycles. The zero-order valence-electron chi connectivity index (χ0n) is 12.4.